The molecule has 0 bridgehead atoms. The van der Waals surface area contributed by atoms with E-state index in [9.17, 15) is 0 Å². The van der Waals surface area contributed by atoms with Gasteiger partial charge in [0.2, 0.25) is 5.71 Å². The Morgan fingerprint density at radius 2 is 1.50 bits per heavy atom. The number of para-hydroxylation sites is 1. The van der Waals surface area contributed by atoms with E-state index in [2.05, 4.69) is 82.8 Å². The van der Waals surface area contributed by atoms with Gasteiger partial charge in [-0.15, -0.1) is 0 Å². The Morgan fingerprint density at radius 1 is 0.647 bits per heavy atom. The topological polar surface area (TPSA) is 51.8 Å². The number of rotatable bonds is 2. The molecule has 0 aliphatic carbocycles. The third-order valence-corrected chi connectivity index (χ3v) is 6.49. The molecule has 4 nitrogen and oxygen atoms in total. The first-order valence-electron chi connectivity index (χ1n) is 11.3. The average molecular weight is 438 g/mol. The molecule has 34 heavy (non-hydrogen) atoms. The number of benzene rings is 4. The molecular weight excluding hydrogens is 418 g/mol. The van der Waals surface area contributed by atoms with Crippen molar-refractivity contribution in [1.82, 2.24) is 15.0 Å². The monoisotopic (exact) mass is 437 g/mol. The fourth-order valence-electron chi connectivity index (χ4n) is 4.84. The lowest BCUT2D eigenvalue weighted by atomic mass is 9.97. The van der Waals surface area contributed by atoms with Gasteiger partial charge in [-0.05, 0) is 53.8 Å². The van der Waals surface area contributed by atoms with E-state index in [1.807, 2.05) is 25.1 Å². The number of nitrogens with zero attached hydrogens (tertiary/aromatic N) is 3. The summed E-state index contributed by atoms with van der Waals surface area (Å²) in [7, 11) is 0. The third kappa shape index (κ3) is 2.82. The summed E-state index contributed by atoms with van der Waals surface area (Å²) in [4.78, 5) is 14.0. The van der Waals surface area contributed by atoms with Crippen LogP contribution >= 0.6 is 0 Å². The van der Waals surface area contributed by atoms with E-state index in [4.69, 9.17) is 9.40 Å². The van der Waals surface area contributed by atoms with Crippen LogP contribution in [0.5, 0.6) is 0 Å². The summed E-state index contributed by atoms with van der Waals surface area (Å²) >= 11 is 0. The van der Waals surface area contributed by atoms with E-state index >= 15 is 0 Å². The first-order chi connectivity index (χ1) is 16.8. The quantitative estimate of drug-likeness (QED) is 0.260. The van der Waals surface area contributed by atoms with Crippen molar-refractivity contribution in [2.75, 3.05) is 0 Å². The normalized spacial score (nSPS) is 11.7. The number of fused-ring (bicyclic) bond motifs is 6. The fourth-order valence-corrected chi connectivity index (χ4v) is 4.84. The van der Waals surface area contributed by atoms with Gasteiger partial charge in [0.15, 0.2) is 0 Å². The van der Waals surface area contributed by atoms with Crippen molar-refractivity contribution in [2.45, 2.75) is 6.92 Å². The largest absolute Gasteiger partial charge is 0.437 e. The smallest absolute Gasteiger partial charge is 0.227 e. The van der Waals surface area contributed by atoms with E-state index in [-0.39, 0.29) is 0 Å². The third-order valence-electron chi connectivity index (χ3n) is 6.49. The van der Waals surface area contributed by atoms with E-state index in [0.29, 0.717) is 5.71 Å². The van der Waals surface area contributed by atoms with Crippen LogP contribution in [0.2, 0.25) is 0 Å². The van der Waals surface area contributed by atoms with Crippen molar-refractivity contribution in [3.8, 4) is 22.4 Å². The maximum Gasteiger partial charge on any atom is 0.227 e. The summed E-state index contributed by atoms with van der Waals surface area (Å²) in [5, 5.41) is 5.31. The van der Waals surface area contributed by atoms with E-state index < -0.39 is 0 Å². The van der Waals surface area contributed by atoms with Gasteiger partial charge in [0, 0.05) is 32.8 Å². The van der Waals surface area contributed by atoms with Crippen LogP contribution in [0.25, 0.3) is 66.1 Å². The summed E-state index contributed by atoms with van der Waals surface area (Å²) in [5.41, 5.74) is 7.52. The SMILES string of the molecule is Cc1ccc2c(n1)oc1c(-c3ncnc4c3ccc3cc(-c5ccccc5)ccc34)cccc12. The highest BCUT2D eigenvalue weighted by atomic mass is 16.3. The predicted octanol–water partition coefficient (Wildman–Crippen LogP) is 7.72. The Labute approximate surface area is 195 Å². The zero-order valence-corrected chi connectivity index (χ0v) is 18.5. The summed E-state index contributed by atoms with van der Waals surface area (Å²) in [6.07, 6.45) is 1.64. The highest BCUT2D eigenvalue weighted by Crippen LogP contribution is 2.38. The molecule has 0 saturated carbocycles. The minimum absolute atomic E-state index is 0.653. The Bertz CT molecular complexity index is 1870. The molecule has 7 aromatic rings. The van der Waals surface area contributed by atoms with E-state index in [0.717, 1.165) is 55.0 Å². The van der Waals surface area contributed by atoms with Gasteiger partial charge < -0.3 is 4.42 Å². The maximum atomic E-state index is 6.25. The van der Waals surface area contributed by atoms with Crippen LogP contribution < -0.4 is 0 Å². The molecule has 0 radical (unpaired) electrons. The van der Waals surface area contributed by atoms with Gasteiger partial charge in [0.25, 0.3) is 0 Å². The van der Waals surface area contributed by atoms with Crippen LogP contribution in [0, 0.1) is 6.92 Å². The van der Waals surface area contributed by atoms with Gasteiger partial charge in [0.1, 0.15) is 11.9 Å². The molecule has 4 aromatic carbocycles. The molecule has 160 valence electrons. The molecule has 0 amide bonds. The van der Waals surface area contributed by atoms with Crippen LogP contribution in [0.15, 0.2) is 102 Å². The molecule has 7 rings (SSSR count). The molecule has 0 aliphatic rings. The summed E-state index contributed by atoms with van der Waals surface area (Å²) in [5.74, 6) is 0. The number of aryl methyl sites for hydroxylation is 1. The van der Waals surface area contributed by atoms with E-state index in [1.165, 1.54) is 11.1 Å². The molecule has 0 unspecified atom stereocenters. The Morgan fingerprint density at radius 3 is 2.41 bits per heavy atom. The number of aromatic nitrogens is 3. The van der Waals surface area contributed by atoms with Crippen molar-refractivity contribution in [3.63, 3.8) is 0 Å². The number of hydrogen-bond donors (Lipinski definition) is 0. The highest BCUT2D eigenvalue weighted by Gasteiger charge is 2.17. The van der Waals surface area contributed by atoms with Crippen LogP contribution in [-0.4, -0.2) is 15.0 Å². The summed E-state index contributed by atoms with van der Waals surface area (Å²) in [6.45, 7) is 1.97. The Hall–Kier alpha value is -4.57. The first kappa shape index (κ1) is 18.9. The maximum absolute atomic E-state index is 6.25. The zero-order chi connectivity index (χ0) is 22.6. The first-order valence-corrected chi connectivity index (χ1v) is 11.3. The minimum Gasteiger partial charge on any atom is -0.437 e. The molecule has 0 spiro atoms. The molecule has 0 N–H and O–H groups in total. The standard InChI is InChI=1S/C30H19N3O/c1-18-10-13-24-23-8-5-9-26(29(23)34-30(24)33-18)28-25-15-12-21-16-20(19-6-3-2-4-7-19)11-14-22(21)27(25)31-17-32-28/h2-17H,1H3. The Kier molecular flexibility index (Phi) is 4.02. The lowest BCUT2D eigenvalue weighted by Crippen LogP contribution is -1.91. The average Bonchev–Trinajstić information content (AvgIpc) is 3.26. The molecule has 0 aliphatic heterocycles. The van der Waals surface area contributed by atoms with Crippen molar-refractivity contribution in [1.29, 1.82) is 0 Å². The number of pyridine rings is 1. The van der Waals surface area contributed by atoms with Crippen LogP contribution in [0.1, 0.15) is 5.69 Å². The van der Waals surface area contributed by atoms with Crippen molar-refractivity contribution in [2.24, 2.45) is 0 Å². The molecule has 3 heterocycles. The predicted molar refractivity (Wildman–Crippen MR) is 138 cm³/mol. The molecule has 0 fully saturated rings. The molecule has 3 aromatic heterocycles. The second-order valence-corrected chi connectivity index (χ2v) is 8.58. The number of hydrogen-bond acceptors (Lipinski definition) is 4. The van der Waals surface area contributed by atoms with Crippen molar-refractivity contribution >= 4 is 43.7 Å². The van der Waals surface area contributed by atoms with Gasteiger partial charge in [-0.1, -0.05) is 60.7 Å². The molecule has 0 saturated heterocycles. The Balaban J connectivity index is 1.47. The zero-order valence-electron chi connectivity index (χ0n) is 18.5. The van der Waals surface area contributed by atoms with Gasteiger partial charge in [0.05, 0.1) is 11.2 Å². The second-order valence-electron chi connectivity index (χ2n) is 8.58. The fraction of sp³-hybridized carbons (Fsp3) is 0.0333. The summed E-state index contributed by atoms with van der Waals surface area (Å²) in [6, 6.07) is 31.5. The van der Waals surface area contributed by atoms with Crippen molar-refractivity contribution in [3.05, 3.63) is 103 Å². The van der Waals surface area contributed by atoms with Gasteiger partial charge >= 0.3 is 0 Å². The minimum atomic E-state index is 0.653. The van der Waals surface area contributed by atoms with Gasteiger partial charge in [-0.2, -0.15) is 0 Å². The molecule has 4 heteroatoms. The number of furan rings is 1. The lowest BCUT2D eigenvalue weighted by Gasteiger charge is -2.10. The van der Waals surface area contributed by atoms with E-state index in [1.54, 1.807) is 6.33 Å². The second kappa shape index (κ2) is 7.22. The van der Waals surface area contributed by atoms with Crippen LogP contribution in [0.3, 0.4) is 0 Å². The summed E-state index contributed by atoms with van der Waals surface area (Å²) < 4.78 is 6.25. The lowest BCUT2D eigenvalue weighted by molar-refractivity contribution is 0.653. The molecular formula is C30H19N3O. The highest BCUT2D eigenvalue weighted by molar-refractivity contribution is 6.14. The van der Waals surface area contributed by atoms with Crippen LogP contribution in [-0.2, 0) is 0 Å². The van der Waals surface area contributed by atoms with Gasteiger partial charge in [-0.25, -0.2) is 15.0 Å². The molecule has 0 atom stereocenters. The van der Waals surface area contributed by atoms with Gasteiger partial charge in [-0.3, -0.25) is 0 Å². The van der Waals surface area contributed by atoms with Crippen LogP contribution in [0.4, 0.5) is 0 Å². The van der Waals surface area contributed by atoms with Crippen molar-refractivity contribution < 1.29 is 4.42 Å².